The second-order valence-electron chi connectivity index (χ2n) is 6.39. The minimum atomic E-state index is -0.458. The summed E-state index contributed by atoms with van der Waals surface area (Å²) in [6, 6.07) is 6.09. The number of fused-ring (bicyclic) bond motifs is 1. The first kappa shape index (κ1) is 15.5. The molecule has 1 atom stereocenters. The third-order valence-electron chi connectivity index (χ3n) is 3.90. The Labute approximate surface area is 134 Å². The van der Waals surface area contributed by atoms with Crippen molar-refractivity contribution in [3.8, 4) is 5.75 Å². The zero-order valence-electron chi connectivity index (χ0n) is 13.3. The molecule has 122 valence electrons. The van der Waals surface area contributed by atoms with Gasteiger partial charge in [0.05, 0.1) is 6.04 Å². The number of ether oxygens (including phenoxy) is 1. The molecule has 5 nitrogen and oxygen atoms in total. The molecule has 6 heteroatoms. The Morgan fingerprint density at radius 3 is 3.09 bits per heavy atom. The first-order valence-electron chi connectivity index (χ1n) is 7.68. The molecule has 0 fully saturated rings. The van der Waals surface area contributed by atoms with E-state index in [1.807, 2.05) is 26.1 Å². The van der Waals surface area contributed by atoms with Gasteiger partial charge in [-0.3, -0.25) is 9.48 Å². The number of halogens is 1. The average Bonchev–Trinajstić information content (AvgIpc) is 2.96. The van der Waals surface area contributed by atoms with Crippen molar-refractivity contribution in [1.29, 1.82) is 0 Å². The summed E-state index contributed by atoms with van der Waals surface area (Å²) >= 11 is 0. The number of rotatable bonds is 4. The fourth-order valence-corrected chi connectivity index (χ4v) is 2.87. The molecule has 0 spiro atoms. The number of nitrogens with zero attached hydrogens (tertiary/aromatic N) is 2. The summed E-state index contributed by atoms with van der Waals surface area (Å²) in [7, 11) is 0. The van der Waals surface area contributed by atoms with Crippen molar-refractivity contribution in [1.82, 2.24) is 15.1 Å². The SMILES string of the molecule is CC1(C)C[C@H](NC(=O)CCn2cccn2)c2ccc(F)cc2O1. The molecule has 3 rings (SSSR count). The van der Waals surface area contributed by atoms with Gasteiger partial charge in [-0.15, -0.1) is 0 Å². The van der Waals surface area contributed by atoms with Gasteiger partial charge in [-0.25, -0.2) is 4.39 Å². The largest absolute Gasteiger partial charge is 0.487 e. The number of hydrogen-bond donors (Lipinski definition) is 1. The molecule has 0 unspecified atom stereocenters. The first-order valence-corrected chi connectivity index (χ1v) is 7.68. The number of aryl methyl sites for hydroxylation is 1. The number of carbonyl (C=O) groups is 1. The van der Waals surface area contributed by atoms with Crippen LogP contribution in [0.2, 0.25) is 0 Å². The summed E-state index contributed by atoms with van der Waals surface area (Å²) in [6.07, 6.45) is 4.49. The van der Waals surface area contributed by atoms with Gasteiger partial charge in [-0.2, -0.15) is 5.10 Å². The molecule has 0 saturated carbocycles. The summed E-state index contributed by atoms with van der Waals surface area (Å²) in [5.41, 5.74) is 0.360. The van der Waals surface area contributed by atoms with Crippen LogP contribution < -0.4 is 10.1 Å². The van der Waals surface area contributed by atoms with E-state index < -0.39 is 5.60 Å². The molecule has 1 amide bonds. The number of amides is 1. The van der Waals surface area contributed by atoms with Crippen LogP contribution in [0.3, 0.4) is 0 Å². The molecule has 2 heterocycles. The van der Waals surface area contributed by atoms with Crippen LogP contribution in [0.25, 0.3) is 0 Å². The van der Waals surface area contributed by atoms with Gasteiger partial charge in [0, 0.05) is 43.4 Å². The van der Waals surface area contributed by atoms with Gasteiger partial charge in [0.1, 0.15) is 17.2 Å². The number of nitrogens with one attached hydrogen (secondary N) is 1. The lowest BCUT2D eigenvalue weighted by Crippen LogP contribution is -2.41. The van der Waals surface area contributed by atoms with E-state index in [0.717, 1.165) is 5.56 Å². The smallest absolute Gasteiger partial charge is 0.222 e. The molecule has 1 aromatic carbocycles. The summed E-state index contributed by atoms with van der Waals surface area (Å²) in [5, 5.41) is 7.11. The van der Waals surface area contributed by atoms with E-state index in [1.165, 1.54) is 12.1 Å². The van der Waals surface area contributed by atoms with Crippen LogP contribution in [0.1, 0.15) is 38.3 Å². The summed E-state index contributed by atoms with van der Waals surface area (Å²) < 4.78 is 21.0. The highest BCUT2D eigenvalue weighted by molar-refractivity contribution is 5.76. The molecule has 1 aliphatic rings. The fraction of sp³-hybridized carbons (Fsp3) is 0.412. The second-order valence-corrected chi connectivity index (χ2v) is 6.39. The molecule has 2 aromatic rings. The van der Waals surface area contributed by atoms with Crippen molar-refractivity contribution in [2.24, 2.45) is 0 Å². The standard InChI is InChI=1S/C17H20FN3O2/c1-17(2)11-14(13-5-4-12(18)10-15(13)23-17)20-16(22)6-9-21-8-3-7-19-21/h3-5,7-8,10,14H,6,9,11H2,1-2H3,(H,20,22)/t14-/m0/s1. The average molecular weight is 317 g/mol. The van der Waals surface area contributed by atoms with Gasteiger partial charge < -0.3 is 10.1 Å². The van der Waals surface area contributed by atoms with E-state index in [0.29, 0.717) is 25.1 Å². The van der Waals surface area contributed by atoms with E-state index in [2.05, 4.69) is 10.4 Å². The highest BCUT2D eigenvalue weighted by Gasteiger charge is 2.34. The Morgan fingerprint density at radius 1 is 1.52 bits per heavy atom. The fourth-order valence-electron chi connectivity index (χ4n) is 2.87. The van der Waals surface area contributed by atoms with Gasteiger partial charge >= 0.3 is 0 Å². The van der Waals surface area contributed by atoms with Crippen LogP contribution in [-0.2, 0) is 11.3 Å². The van der Waals surface area contributed by atoms with Crippen LogP contribution in [-0.4, -0.2) is 21.3 Å². The van der Waals surface area contributed by atoms with E-state index >= 15 is 0 Å². The Kier molecular flexibility index (Phi) is 4.07. The van der Waals surface area contributed by atoms with Gasteiger partial charge in [-0.05, 0) is 26.0 Å². The maximum absolute atomic E-state index is 13.4. The molecule has 1 aromatic heterocycles. The predicted octanol–water partition coefficient (Wildman–Crippen LogP) is 2.83. The normalized spacial score (nSPS) is 18.8. The highest BCUT2D eigenvalue weighted by atomic mass is 19.1. The molecular formula is C17H20FN3O2. The molecule has 0 radical (unpaired) electrons. The zero-order valence-corrected chi connectivity index (χ0v) is 13.3. The van der Waals surface area contributed by atoms with Gasteiger partial charge in [-0.1, -0.05) is 6.07 Å². The molecular weight excluding hydrogens is 297 g/mol. The second kappa shape index (κ2) is 6.02. The number of benzene rings is 1. The van der Waals surface area contributed by atoms with Crippen LogP contribution in [0, 0.1) is 5.82 Å². The van der Waals surface area contributed by atoms with Crippen molar-refractivity contribution < 1.29 is 13.9 Å². The molecule has 23 heavy (non-hydrogen) atoms. The number of hydrogen-bond acceptors (Lipinski definition) is 3. The Morgan fingerprint density at radius 2 is 2.35 bits per heavy atom. The van der Waals surface area contributed by atoms with Crippen LogP contribution >= 0.6 is 0 Å². The van der Waals surface area contributed by atoms with E-state index in [9.17, 15) is 9.18 Å². The van der Waals surface area contributed by atoms with Crippen molar-refractivity contribution in [2.45, 2.75) is 44.9 Å². The van der Waals surface area contributed by atoms with Gasteiger partial charge in [0.25, 0.3) is 0 Å². The minimum Gasteiger partial charge on any atom is -0.487 e. The predicted molar refractivity (Wildman–Crippen MR) is 83.5 cm³/mol. The number of carbonyl (C=O) groups excluding carboxylic acids is 1. The lowest BCUT2D eigenvalue weighted by Gasteiger charge is -2.37. The van der Waals surface area contributed by atoms with Crippen molar-refractivity contribution in [2.75, 3.05) is 0 Å². The molecule has 0 aliphatic carbocycles. The molecule has 0 saturated heterocycles. The van der Waals surface area contributed by atoms with E-state index in [4.69, 9.17) is 4.74 Å². The van der Waals surface area contributed by atoms with Crippen LogP contribution in [0.15, 0.2) is 36.7 Å². The monoisotopic (exact) mass is 317 g/mol. The minimum absolute atomic E-state index is 0.0570. The van der Waals surface area contributed by atoms with Crippen LogP contribution in [0.5, 0.6) is 5.75 Å². The van der Waals surface area contributed by atoms with Crippen LogP contribution in [0.4, 0.5) is 4.39 Å². The maximum atomic E-state index is 13.4. The van der Waals surface area contributed by atoms with Gasteiger partial charge in [0.2, 0.25) is 5.91 Å². The Bertz CT molecular complexity index is 698. The highest BCUT2D eigenvalue weighted by Crippen LogP contribution is 2.39. The topological polar surface area (TPSA) is 56.2 Å². The Balaban J connectivity index is 1.70. The quantitative estimate of drug-likeness (QED) is 0.943. The molecule has 0 bridgehead atoms. The maximum Gasteiger partial charge on any atom is 0.222 e. The van der Waals surface area contributed by atoms with Gasteiger partial charge in [0.15, 0.2) is 0 Å². The number of aromatic nitrogens is 2. The summed E-state index contributed by atoms with van der Waals surface area (Å²) in [5.74, 6) is 0.0994. The first-order chi connectivity index (χ1) is 10.9. The third kappa shape index (κ3) is 3.70. The zero-order chi connectivity index (χ0) is 16.4. The molecule has 1 aliphatic heterocycles. The summed E-state index contributed by atoms with van der Waals surface area (Å²) in [4.78, 5) is 12.2. The lowest BCUT2D eigenvalue weighted by atomic mass is 9.89. The van der Waals surface area contributed by atoms with Crippen molar-refractivity contribution in [3.63, 3.8) is 0 Å². The third-order valence-corrected chi connectivity index (χ3v) is 3.90. The van der Waals surface area contributed by atoms with Crippen molar-refractivity contribution >= 4 is 5.91 Å². The van der Waals surface area contributed by atoms with Crippen molar-refractivity contribution in [3.05, 3.63) is 48.0 Å². The molecule has 1 N–H and O–H groups in total. The Hall–Kier alpha value is -2.37. The van der Waals surface area contributed by atoms with E-state index in [1.54, 1.807) is 16.9 Å². The lowest BCUT2D eigenvalue weighted by molar-refractivity contribution is -0.122. The van der Waals surface area contributed by atoms with E-state index in [-0.39, 0.29) is 17.8 Å². The summed E-state index contributed by atoms with van der Waals surface area (Å²) in [6.45, 7) is 4.40.